The lowest BCUT2D eigenvalue weighted by atomic mass is 9.33. The lowest BCUT2D eigenvalue weighted by Crippen LogP contribution is -2.66. The predicted octanol–water partition coefficient (Wildman–Crippen LogP) is 9.14. The minimum atomic E-state index is -1.17. The molecule has 3 N–H and O–H groups in total. The van der Waals surface area contributed by atoms with Crippen LogP contribution in [0.4, 0.5) is 0 Å². The Hall–Kier alpha value is -2.29. The van der Waals surface area contributed by atoms with Gasteiger partial charge in [0.25, 0.3) is 0 Å². The van der Waals surface area contributed by atoms with Crippen molar-refractivity contribution < 1.29 is 29.3 Å². The van der Waals surface area contributed by atoms with Crippen LogP contribution in [0.25, 0.3) is 0 Å². The molecular formula is C44H65ClN2O6. The zero-order valence-corrected chi connectivity index (χ0v) is 34.7. The molecule has 5 aliphatic carbocycles. The number of rotatable bonds is 10. The molecule has 0 amide bonds. The summed E-state index contributed by atoms with van der Waals surface area (Å²) in [7, 11) is 0. The minimum absolute atomic E-state index is 0.0307. The first-order valence-corrected chi connectivity index (χ1v) is 20.7. The first-order chi connectivity index (χ1) is 24.5. The molecule has 0 bridgehead atoms. The maximum absolute atomic E-state index is 14.1. The molecule has 53 heavy (non-hydrogen) atoms. The van der Waals surface area contributed by atoms with E-state index >= 15 is 0 Å². The number of carbonyl (C=O) groups is 3. The number of hydrogen-bond acceptors (Lipinski definition) is 7. The molecule has 9 heteroatoms. The largest absolute Gasteiger partial charge is 0.481 e. The van der Waals surface area contributed by atoms with E-state index in [1.165, 1.54) is 5.57 Å². The molecule has 1 aromatic heterocycles. The Labute approximate surface area is 322 Å². The van der Waals surface area contributed by atoms with Crippen LogP contribution in [0.15, 0.2) is 29.5 Å². The van der Waals surface area contributed by atoms with Crippen molar-refractivity contribution in [3.8, 4) is 0 Å². The number of allylic oxidation sites excluding steroid dienone is 1. The molecule has 10 atom stereocenters. The van der Waals surface area contributed by atoms with Crippen LogP contribution in [-0.2, 0) is 19.1 Å². The number of carboxylic acid groups (broad SMARTS) is 1. The number of nitrogens with one attached hydrogen (secondary N) is 1. The number of halogens is 1. The van der Waals surface area contributed by atoms with Crippen LogP contribution < -0.4 is 5.32 Å². The number of carboxylic acids is 1. The molecule has 5 aliphatic rings. The summed E-state index contributed by atoms with van der Waals surface area (Å²) >= 11 is 6.09. The van der Waals surface area contributed by atoms with E-state index < -0.39 is 28.9 Å². The number of aliphatic carboxylic acids is 1. The van der Waals surface area contributed by atoms with Gasteiger partial charge >= 0.3 is 11.9 Å². The van der Waals surface area contributed by atoms with Crippen LogP contribution >= 0.6 is 11.6 Å². The number of ketones is 1. The SMILES string of the molecule is CC(C)C1=C2[C@H]3CC[C@@H]4[C@@]5(C)CC[C@H](OC(=O)CC(C)(C)C(=O)O)C(C)(C)[C@@H]5CC[C@@]4(C)[C@]3(C)CCC2(C(O)CN[C@@H](C)c2ccc(Cl)cn2)CC1=O. The summed E-state index contributed by atoms with van der Waals surface area (Å²) in [5.74, 6) is -0.0389. The molecule has 6 rings (SSSR count). The fourth-order valence-electron chi connectivity index (χ4n) is 13.1. The van der Waals surface area contributed by atoms with Gasteiger partial charge < -0.3 is 20.3 Å². The first-order valence-electron chi connectivity index (χ1n) is 20.3. The number of aliphatic hydroxyl groups excluding tert-OH is 1. The third-order valence-electron chi connectivity index (χ3n) is 16.3. The van der Waals surface area contributed by atoms with E-state index in [1.807, 2.05) is 19.1 Å². The van der Waals surface area contributed by atoms with Crippen LogP contribution in [0.3, 0.4) is 0 Å². The Kier molecular flexibility index (Phi) is 10.5. The van der Waals surface area contributed by atoms with Crippen LogP contribution in [-0.4, -0.2) is 51.7 Å². The number of pyridine rings is 1. The van der Waals surface area contributed by atoms with E-state index in [-0.39, 0.29) is 57.8 Å². The van der Waals surface area contributed by atoms with Crippen molar-refractivity contribution in [2.75, 3.05) is 6.54 Å². The highest BCUT2D eigenvalue weighted by atomic mass is 35.5. The zero-order valence-electron chi connectivity index (χ0n) is 33.9. The van der Waals surface area contributed by atoms with Gasteiger partial charge in [-0.1, -0.05) is 65.6 Å². The molecule has 294 valence electrons. The van der Waals surface area contributed by atoms with Gasteiger partial charge in [0.1, 0.15) is 6.10 Å². The van der Waals surface area contributed by atoms with Crippen molar-refractivity contribution in [1.29, 1.82) is 0 Å². The number of aromatic nitrogens is 1. The zero-order chi connectivity index (χ0) is 39.1. The Morgan fingerprint density at radius 2 is 1.68 bits per heavy atom. The molecule has 1 aromatic rings. The number of nitrogens with zero attached hydrogens (tertiary/aromatic N) is 1. The lowest BCUT2D eigenvalue weighted by Gasteiger charge is -2.72. The Bertz CT molecular complexity index is 1650. The Balaban J connectivity index is 1.26. The van der Waals surface area contributed by atoms with Crippen molar-refractivity contribution in [1.82, 2.24) is 10.3 Å². The average molecular weight is 753 g/mol. The van der Waals surface area contributed by atoms with E-state index in [2.05, 4.69) is 58.8 Å². The van der Waals surface area contributed by atoms with E-state index in [1.54, 1.807) is 20.0 Å². The van der Waals surface area contributed by atoms with Gasteiger partial charge in [-0.25, -0.2) is 0 Å². The molecule has 0 saturated heterocycles. The summed E-state index contributed by atoms with van der Waals surface area (Å²) in [6.45, 7) is 22.0. The molecule has 4 fully saturated rings. The normalized spacial score (nSPS) is 37.6. The first kappa shape index (κ1) is 40.4. The highest BCUT2D eigenvalue weighted by molar-refractivity contribution is 6.30. The Morgan fingerprint density at radius 1 is 0.981 bits per heavy atom. The molecular weight excluding hydrogens is 688 g/mol. The average Bonchev–Trinajstić information content (AvgIpc) is 3.38. The summed E-state index contributed by atoms with van der Waals surface area (Å²) in [6, 6.07) is 3.67. The monoisotopic (exact) mass is 752 g/mol. The molecule has 0 aromatic carbocycles. The van der Waals surface area contributed by atoms with Gasteiger partial charge in [-0.15, -0.1) is 0 Å². The van der Waals surface area contributed by atoms with Crippen LogP contribution in [0.5, 0.6) is 0 Å². The number of fused-ring (bicyclic) bond motifs is 7. The standard InChI is InChI=1S/C44H65ClN2O6/c1-25(2)36-30(48)21-44(33(49)24-46-26(3)29-13-11-27(45)23-47-29)20-19-42(9)28(37(36)44)12-14-32-41(8)17-16-34(53-35(50)22-39(4,5)38(51)52)40(6,7)31(41)15-18-43(32,42)10/h11,13,23,25-26,28,31-34,46,49H,12,14-22,24H2,1-10H3,(H,51,52)/t26-,28+,31-,32+,33?,34-,41-,42+,43+,44?/m0/s1. The fourth-order valence-corrected chi connectivity index (χ4v) is 13.3. The number of ether oxygens (including phenoxy) is 1. The number of hydrogen-bond donors (Lipinski definition) is 3. The fraction of sp³-hybridized carbons (Fsp3) is 0.773. The third kappa shape index (κ3) is 6.33. The number of carbonyl (C=O) groups excluding carboxylic acids is 2. The number of Topliss-reactive ketones (excluding diaryl/α,β-unsaturated/α-hetero) is 1. The highest BCUT2D eigenvalue weighted by Crippen LogP contribution is 2.77. The van der Waals surface area contributed by atoms with E-state index in [0.29, 0.717) is 29.8 Å². The number of aliphatic hydroxyl groups is 1. The summed E-state index contributed by atoms with van der Waals surface area (Å²) in [4.78, 5) is 43.4. The molecule has 8 nitrogen and oxygen atoms in total. The quantitative estimate of drug-likeness (QED) is 0.202. The maximum atomic E-state index is 14.1. The van der Waals surface area contributed by atoms with Gasteiger partial charge in [0.05, 0.1) is 28.7 Å². The molecule has 0 aliphatic heterocycles. The minimum Gasteiger partial charge on any atom is -0.481 e. The van der Waals surface area contributed by atoms with Crippen molar-refractivity contribution in [2.24, 2.45) is 56.2 Å². The topological polar surface area (TPSA) is 126 Å². The lowest BCUT2D eigenvalue weighted by molar-refractivity contribution is -0.235. The van der Waals surface area contributed by atoms with Gasteiger partial charge in [0, 0.05) is 36.0 Å². The van der Waals surface area contributed by atoms with Crippen LogP contribution in [0.2, 0.25) is 5.02 Å². The summed E-state index contributed by atoms with van der Waals surface area (Å²) in [6.07, 6.45) is 8.65. The summed E-state index contributed by atoms with van der Waals surface area (Å²) in [5, 5.41) is 26.0. The van der Waals surface area contributed by atoms with Crippen molar-refractivity contribution in [3.63, 3.8) is 0 Å². The Morgan fingerprint density at radius 3 is 2.30 bits per heavy atom. The third-order valence-corrected chi connectivity index (χ3v) is 16.5. The maximum Gasteiger partial charge on any atom is 0.309 e. The van der Waals surface area contributed by atoms with Crippen LogP contribution in [0.1, 0.15) is 145 Å². The second-order valence-corrected chi connectivity index (χ2v) is 20.5. The number of esters is 1. The summed E-state index contributed by atoms with van der Waals surface area (Å²) in [5.41, 5.74) is 1.18. The molecule has 2 unspecified atom stereocenters. The molecule has 4 saturated carbocycles. The van der Waals surface area contributed by atoms with Gasteiger partial charge in [-0.2, -0.15) is 0 Å². The van der Waals surface area contributed by atoms with Crippen molar-refractivity contribution in [3.05, 3.63) is 40.2 Å². The molecule has 0 spiro atoms. The predicted molar refractivity (Wildman–Crippen MR) is 207 cm³/mol. The van der Waals surface area contributed by atoms with Gasteiger partial charge in [-0.05, 0) is 130 Å². The van der Waals surface area contributed by atoms with E-state index in [9.17, 15) is 24.6 Å². The van der Waals surface area contributed by atoms with Gasteiger partial charge in [0.15, 0.2) is 5.78 Å². The smallest absolute Gasteiger partial charge is 0.309 e. The van der Waals surface area contributed by atoms with E-state index in [4.69, 9.17) is 16.3 Å². The van der Waals surface area contributed by atoms with Crippen LogP contribution in [0, 0.1) is 56.2 Å². The second kappa shape index (κ2) is 13.7. The van der Waals surface area contributed by atoms with Gasteiger partial charge in [-0.3, -0.25) is 19.4 Å². The van der Waals surface area contributed by atoms with E-state index in [0.717, 1.165) is 62.6 Å². The van der Waals surface area contributed by atoms with Crippen molar-refractivity contribution >= 4 is 29.3 Å². The molecule has 0 radical (unpaired) electrons. The second-order valence-electron chi connectivity index (χ2n) is 20.1. The molecule has 1 heterocycles. The highest BCUT2D eigenvalue weighted by Gasteiger charge is 2.70. The summed E-state index contributed by atoms with van der Waals surface area (Å²) < 4.78 is 6.17. The van der Waals surface area contributed by atoms with Crippen molar-refractivity contribution in [2.45, 2.75) is 152 Å². The van der Waals surface area contributed by atoms with Gasteiger partial charge in [0.2, 0.25) is 0 Å².